The molecule has 0 amide bonds. The zero-order valence-corrected chi connectivity index (χ0v) is 30.1. The van der Waals surface area contributed by atoms with Gasteiger partial charge >= 0.3 is 25.3 Å². The Bertz CT molecular complexity index is 1070. The SMILES string of the molecule is S=C(S)N(c1ccc[nH]1)N(C(=S)[S-])N1CCNCC1.S=C(S)N(c1ccc[nH]1)N(C(=S)[S-])N1CCNCC1.[O]=[Mo+2]=[O]. The van der Waals surface area contributed by atoms with Gasteiger partial charge in [-0.2, -0.15) is 0 Å². The van der Waals surface area contributed by atoms with Gasteiger partial charge in [-0.25, -0.2) is 30.3 Å². The van der Waals surface area contributed by atoms with Crippen LogP contribution in [0.4, 0.5) is 11.6 Å². The third kappa shape index (κ3) is 11.4. The van der Waals surface area contributed by atoms with Crippen LogP contribution in [0.2, 0.25) is 0 Å². The Morgan fingerprint density at radius 1 is 0.732 bits per heavy atom. The fraction of sp³-hybridized carbons (Fsp3) is 0.400. The van der Waals surface area contributed by atoms with Crippen molar-refractivity contribution < 1.29 is 25.3 Å². The van der Waals surface area contributed by atoms with Crippen LogP contribution < -0.4 is 20.7 Å². The Morgan fingerprint density at radius 3 is 1.27 bits per heavy atom. The Kier molecular flexibility index (Phi) is 17.5. The van der Waals surface area contributed by atoms with Crippen molar-refractivity contribution in [1.82, 2.24) is 40.9 Å². The van der Waals surface area contributed by atoms with Gasteiger partial charge in [0.2, 0.25) is 0 Å². The molecule has 0 unspecified atom stereocenters. The molecule has 0 aromatic carbocycles. The molecule has 0 aliphatic carbocycles. The van der Waals surface area contributed by atoms with Crippen molar-refractivity contribution >= 4 is 128 Å². The number of aromatic amines is 2. The fourth-order valence-corrected chi connectivity index (χ4v) is 5.33. The van der Waals surface area contributed by atoms with E-state index in [1.807, 2.05) is 36.7 Å². The molecule has 21 heteroatoms. The number of thiol groups is 2. The summed E-state index contributed by atoms with van der Waals surface area (Å²) in [6, 6.07) is 7.56. The molecule has 4 heterocycles. The van der Waals surface area contributed by atoms with Gasteiger partial charge in [-0.1, -0.05) is 24.4 Å². The fourth-order valence-electron chi connectivity index (χ4n) is 3.81. The van der Waals surface area contributed by atoms with Crippen LogP contribution in [-0.4, -0.2) is 99.9 Å². The summed E-state index contributed by atoms with van der Waals surface area (Å²) < 4.78 is 18.4. The Morgan fingerprint density at radius 2 is 1.05 bits per heavy atom. The van der Waals surface area contributed by atoms with Crippen molar-refractivity contribution in [3.8, 4) is 0 Å². The summed E-state index contributed by atoms with van der Waals surface area (Å²) in [6.07, 6.45) is 3.63. The molecule has 2 saturated heterocycles. The average molecular weight is 793 g/mol. The first kappa shape index (κ1) is 36.6. The van der Waals surface area contributed by atoms with Gasteiger partial charge in [-0.05, 0) is 32.9 Å². The number of hydrogen-bond donors (Lipinski definition) is 6. The number of aromatic nitrogens is 2. The second-order valence-corrected chi connectivity index (χ2v) is 12.5. The summed E-state index contributed by atoms with van der Waals surface area (Å²) in [6.45, 7) is 6.76. The van der Waals surface area contributed by atoms with Gasteiger partial charge in [-0.3, -0.25) is 0 Å². The van der Waals surface area contributed by atoms with Crippen molar-refractivity contribution in [3.05, 3.63) is 36.7 Å². The van der Waals surface area contributed by atoms with E-state index in [0.29, 0.717) is 17.3 Å². The Balaban J connectivity index is 0.000000262. The first-order valence-corrected chi connectivity index (χ1v) is 16.8. The number of nitrogens with one attached hydrogen (secondary N) is 4. The van der Waals surface area contributed by atoms with Gasteiger partial charge < -0.3 is 70.3 Å². The van der Waals surface area contributed by atoms with Gasteiger partial charge in [0.1, 0.15) is 11.6 Å². The topological polar surface area (TPSA) is 109 Å². The molecule has 4 N–H and O–H groups in total. The number of piperazine rings is 2. The molecule has 0 spiro atoms. The summed E-state index contributed by atoms with van der Waals surface area (Å²) in [4.78, 5) is 6.19. The van der Waals surface area contributed by atoms with E-state index in [0.717, 1.165) is 64.0 Å². The van der Waals surface area contributed by atoms with Crippen LogP contribution in [0, 0.1) is 0 Å². The Labute approximate surface area is 290 Å². The van der Waals surface area contributed by atoms with Gasteiger partial charge in [0.15, 0.2) is 8.64 Å². The summed E-state index contributed by atoms with van der Waals surface area (Å²) in [5.74, 6) is 1.57. The summed E-state index contributed by atoms with van der Waals surface area (Å²) in [5.41, 5.74) is 0. The molecule has 2 aliphatic rings. The van der Waals surface area contributed by atoms with Crippen LogP contribution in [0.25, 0.3) is 0 Å². The number of H-pyrrole nitrogens is 2. The monoisotopic (exact) mass is 794 g/mol. The minimum absolute atomic E-state index is 0.313. The molecule has 2 aromatic heterocycles. The second kappa shape index (κ2) is 19.6. The van der Waals surface area contributed by atoms with Crippen molar-refractivity contribution in [2.24, 2.45) is 0 Å². The molecule has 224 valence electrons. The molecule has 0 bridgehead atoms. The van der Waals surface area contributed by atoms with Crippen molar-refractivity contribution in [2.45, 2.75) is 0 Å². The maximum atomic E-state index is 8.50. The van der Waals surface area contributed by atoms with Crippen LogP contribution in [-0.2, 0) is 50.5 Å². The summed E-state index contributed by atoms with van der Waals surface area (Å²) in [7, 11) is 0. The predicted molar refractivity (Wildman–Crippen MR) is 184 cm³/mol. The third-order valence-corrected chi connectivity index (χ3v) is 6.79. The van der Waals surface area contributed by atoms with E-state index in [1.54, 1.807) is 20.3 Å². The van der Waals surface area contributed by atoms with Gasteiger partial charge in [-0.15, -0.1) is 25.3 Å². The average Bonchev–Trinajstić information content (AvgIpc) is 3.66. The van der Waals surface area contributed by atoms with Crippen LogP contribution in [0.1, 0.15) is 0 Å². The van der Waals surface area contributed by atoms with Crippen molar-refractivity contribution in [2.75, 3.05) is 62.4 Å². The quantitative estimate of drug-likeness (QED) is 0.0887. The van der Waals surface area contributed by atoms with Gasteiger partial charge in [0, 0.05) is 64.8 Å². The predicted octanol–water partition coefficient (Wildman–Crippen LogP) is 1.57. The van der Waals surface area contributed by atoms with Gasteiger partial charge in [0.05, 0.1) is 0 Å². The van der Waals surface area contributed by atoms with Gasteiger partial charge in [0.25, 0.3) is 0 Å². The molecule has 4 rings (SSSR count). The van der Waals surface area contributed by atoms with E-state index in [9.17, 15) is 0 Å². The van der Waals surface area contributed by atoms with E-state index >= 15 is 0 Å². The van der Waals surface area contributed by atoms with Crippen LogP contribution in [0.15, 0.2) is 36.7 Å². The molecule has 0 atom stereocenters. The van der Waals surface area contributed by atoms with E-state index in [-0.39, 0.29) is 0 Å². The van der Waals surface area contributed by atoms with Crippen molar-refractivity contribution in [1.29, 1.82) is 0 Å². The molecule has 0 radical (unpaired) electrons. The third-order valence-electron chi connectivity index (χ3n) is 5.41. The molecule has 0 saturated carbocycles. The zero-order valence-electron chi connectivity index (χ0n) is 21.4. The zero-order chi connectivity index (χ0) is 30.4. The molecular formula is C20H28MoN10O2S8. The van der Waals surface area contributed by atoms with E-state index in [1.165, 1.54) is 0 Å². The number of nitrogens with zero attached hydrogens (tertiary/aromatic N) is 6. The normalized spacial score (nSPS) is 15.1. The van der Waals surface area contributed by atoms with E-state index < -0.39 is 18.5 Å². The van der Waals surface area contributed by atoms with Crippen LogP contribution >= 0.6 is 74.1 Å². The number of anilines is 2. The molecule has 12 nitrogen and oxygen atoms in total. The van der Waals surface area contributed by atoms with Crippen LogP contribution in [0.3, 0.4) is 0 Å². The standard InChI is InChI=1S/2C10H15N5S4.Mo.2O/c2*16-9(17)14(8-2-1-3-12-8)15(10(18)19)13-6-4-11-5-7-13;;;/h2*1-3,11-12H,4-7H2,(H,16,17)(H,18,19);;;/q;;+2;;/p-2. The Hall–Kier alpha value is -0.612. The molecule has 2 aromatic rings. The first-order valence-electron chi connectivity index (χ1n) is 11.8. The summed E-state index contributed by atoms with van der Waals surface area (Å²) in [5, 5.41) is 17.6. The number of hydrazine groups is 4. The number of rotatable bonds is 4. The number of hydrogen-bond acceptors (Lipinski definition) is 12. The molecule has 2 aliphatic heterocycles. The van der Waals surface area contributed by atoms with E-state index in [2.05, 4.69) is 55.9 Å². The van der Waals surface area contributed by atoms with E-state index in [4.69, 9.17) is 80.9 Å². The molecule has 2 fully saturated rings. The summed E-state index contributed by atoms with van der Waals surface area (Å²) >= 11 is 37.7. The molecule has 41 heavy (non-hydrogen) atoms. The number of thiocarbonyl (C=S) groups is 4. The molecular weight excluding hydrogens is 765 g/mol. The first-order chi connectivity index (χ1) is 19.6. The minimum atomic E-state index is -2.03. The second-order valence-electron chi connectivity index (χ2n) is 7.89. The van der Waals surface area contributed by atoms with Crippen molar-refractivity contribution in [3.63, 3.8) is 0 Å². The van der Waals surface area contributed by atoms with Crippen LogP contribution in [0.5, 0.6) is 0 Å². The maximum absolute atomic E-state index is 8.50.